The molecule has 1 fully saturated rings. The van der Waals surface area contributed by atoms with E-state index < -0.39 is 0 Å². The van der Waals surface area contributed by atoms with Gasteiger partial charge in [-0.1, -0.05) is 26.2 Å². The van der Waals surface area contributed by atoms with Gasteiger partial charge in [-0.3, -0.25) is 4.79 Å². The molecule has 6 heteroatoms. The molecule has 0 radical (unpaired) electrons. The van der Waals surface area contributed by atoms with Gasteiger partial charge in [0, 0.05) is 26.7 Å². The molecule has 5 nitrogen and oxygen atoms in total. The monoisotopic (exact) mass is 424 g/mol. The van der Waals surface area contributed by atoms with Crippen molar-refractivity contribution in [3.05, 3.63) is 0 Å². The van der Waals surface area contributed by atoms with Crippen molar-refractivity contribution in [2.75, 3.05) is 27.2 Å². The van der Waals surface area contributed by atoms with Gasteiger partial charge in [-0.15, -0.1) is 24.0 Å². The maximum absolute atomic E-state index is 11.7. The van der Waals surface area contributed by atoms with Crippen molar-refractivity contribution < 1.29 is 4.79 Å². The molecule has 1 aliphatic carbocycles. The average molecular weight is 424 g/mol. The summed E-state index contributed by atoms with van der Waals surface area (Å²) in [6.45, 7) is 5.43. The maximum Gasteiger partial charge on any atom is 0.243 e. The third-order valence-electron chi connectivity index (χ3n) is 4.15. The first-order chi connectivity index (χ1) is 10.0. The normalized spacial score (nSPS) is 17.4. The Kier molecular flexibility index (Phi) is 11.7. The minimum Gasteiger partial charge on any atom is -0.356 e. The lowest BCUT2D eigenvalue weighted by Gasteiger charge is -2.24. The molecule has 1 amide bonds. The van der Waals surface area contributed by atoms with Crippen molar-refractivity contribution in [3.63, 3.8) is 0 Å². The number of amides is 1. The summed E-state index contributed by atoms with van der Waals surface area (Å²) in [5.41, 5.74) is 0. The highest BCUT2D eigenvalue weighted by atomic mass is 127. The quantitative estimate of drug-likeness (QED) is 0.392. The van der Waals surface area contributed by atoms with Crippen LogP contribution in [-0.2, 0) is 4.79 Å². The van der Waals surface area contributed by atoms with Crippen molar-refractivity contribution in [1.82, 2.24) is 15.5 Å². The molecule has 0 saturated heterocycles. The van der Waals surface area contributed by atoms with E-state index in [9.17, 15) is 4.79 Å². The Bertz CT molecular complexity index is 341. The number of guanidine groups is 1. The topological polar surface area (TPSA) is 56.7 Å². The lowest BCUT2D eigenvalue weighted by Crippen LogP contribution is -2.44. The zero-order valence-electron chi connectivity index (χ0n) is 14.5. The Labute approximate surface area is 152 Å². The summed E-state index contributed by atoms with van der Waals surface area (Å²) >= 11 is 0. The van der Waals surface area contributed by atoms with E-state index >= 15 is 0 Å². The van der Waals surface area contributed by atoms with Crippen molar-refractivity contribution in [2.45, 2.75) is 58.4 Å². The molecule has 0 bridgehead atoms. The molecular formula is C16H33IN4O. The summed E-state index contributed by atoms with van der Waals surface area (Å²) in [6, 6.07) is 0.358. The molecule has 0 aromatic carbocycles. The second-order valence-electron chi connectivity index (χ2n) is 6.29. The number of rotatable bonds is 6. The Balaban J connectivity index is 0.00000441. The molecule has 1 unspecified atom stereocenters. The van der Waals surface area contributed by atoms with Crippen LogP contribution < -0.4 is 10.6 Å². The van der Waals surface area contributed by atoms with Gasteiger partial charge in [-0.05, 0) is 32.1 Å². The summed E-state index contributed by atoms with van der Waals surface area (Å²) in [5.74, 6) is 1.54. The first-order valence-corrected chi connectivity index (χ1v) is 8.28. The minimum atomic E-state index is 0. The fourth-order valence-electron chi connectivity index (χ4n) is 2.41. The van der Waals surface area contributed by atoms with Gasteiger partial charge in [0.1, 0.15) is 6.54 Å². The van der Waals surface area contributed by atoms with Gasteiger partial charge in [-0.2, -0.15) is 0 Å². The van der Waals surface area contributed by atoms with E-state index in [4.69, 9.17) is 0 Å². The lowest BCUT2D eigenvalue weighted by atomic mass is 9.89. The maximum atomic E-state index is 11.7. The largest absolute Gasteiger partial charge is 0.356 e. The van der Waals surface area contributed by atoms with E-state index in [2.05, 4.69) is 29.5 Å². The van der Waals surface area contributed by atoms with E-state index in [-0.39, 0.29) is 36.4 Å². The average Bonchev–Trinajstić information content (AvgIpc) is 2.50. The molecule has 0 spiro atoms. The van der Waals surface area contributed by atoms with E-state index in [1.54, 1.807) is 19.0 Å². The van der Waals surface area contributed by atoms with E-state index in [1.165, 1.54) is 32.1 Å². The Hall–Kier alpha value is -0.530. The molecule has 1 saturated carbocycles. The van der Waals surface area contributed by atoms with Crippen LogP contribution in [0.1, 0.15) is 52.4 Å². The van der Waals surface area contributed by atoms with Gasteiger partial charge in [0.15, 0.2) is 5.96 Å². The third kappa shape index (κ3) is 8.80. The van der Waals surface area contributed by atoms with Crippen LogP contribution in [0.3, 0.4) is 0 Å². The summed E-state index contributed by atoms with van der Waals surface area (Å²) < 4.78 is 0. The number of carbonyl (C=O) groups excluding carboxylic acids is 1. The van der Waals surface area contributed by atoms with Gasteiger partial charge in [0.2, 0.25) is 5.91 Å². The van der Waals surface area contributed by atoms with Crippen LogP contribution in [-0.4, -0.2) is 50.0 Å². The van der Waals surface area contributed by atoms with Gasteiger partial charge in [0.25, 0.3) is 0 Å². The minimum absolute atomic E-state index is 0. The van der Waals surface area contributed by atoms with Crippen molar-refractivity contribution in [1.29, 1.82) is 0 Å². The number of nitrogens with one attached hydrogen (secondary N) is 2. The van der Waals surface area contributed by atoms with Crippen LogP contribution in [0.5, 0.6) is 0 Å². The van der Waals surface area contributed by atoms with Crippen molar-refractivity contribution in [2.24, 2.45) is 10.9 Å². The number of carbonyl (C=O) groups is 1. The molecule has 0 aromatic rings. The summed E-state index contributed by atoms with van der Waals surface area (Å²) in [7, 11) is 3.52. The molecule has 0 aliphatic heterocycles. The SMILES string of the molecule is CCC(C)NC(=NCC(=O)N(C)C)NCC1CCCCC1.I. The van der Waals surface area contributed by atoms with E-state index in [0.717, 1.165) is 24.8 Å². The molecule has 0 aromatic heterocycles. The molecular weight excluding hydrogens is 391 g/mol. The van der Waals surface area contributed by atoms with Crippen LogP contribution in [0.4, 0.5) is 0 Å². The molecule has 2 N–H and O–H groups in total. The summed E-state index contributed by atoms with van der Waals surface area (Å²) in [6.07, 6.45) is 7.71. The van der Waals surface area contributed by atoms with Crippen LogP contribution in [0.15, 0.2) is 4.99 Å². The van der Waals surface area contributed by atoms with Crippen LogP contribution in [0.2, 0.25) is 0 Å². The smallest absolute Gasteiger partial charge is 0.243 e. The predicted octanol–water partition coefficient (Wildman–Crippen LogP) is 2.61. The van der Waals surface area contributed by atoms with Gasteiger partial charge in [-0.25, -0.2) is 4.99 Å². The zero-order valence-corrected chi connectivity index (χ0v) is 16.9. The molecule has 1 aliphatic rings. The first kappa shape index (κ1) is 21.5. The van der Waals surface area contributed by atoms with E-state index in [0.29, 0.717) is 6.04 Å². The van der Waals surface area contributed by atoms with Crippen molar-refractivity contribution >= 4 is 35.8 Å². The van der Waals surface area contributed by atoms with Crippen molar-refractivity contribution in [3.8, 4) is 0 Å². The molecule has 22 heavy (non-hydrogen) atoms. The number of halogens is 1. The van der Waals surface area contributed by atoms with Crippen LogP contribution in [0.25, 0.3) is 0 Å². The zero-order chi connectivity index (χ0) is 15.7. The number of hydrogen-bond donors (Lipinski definition) is 2. The van der Waals surface area contributed by atoms with Gasteiger partial charge >= 0.3 is 0 Å². The number of hydrogen-bond acceptors (Lipinski definition) is 2. The van der Waals surface area contributed by atoms with Gasteiger partial charge < -0.3 is 15.5 Å². The molecule has 0 heterocycles. The highest BCUT2D eigenvalue weighted by molar-refractivity contribution is 14.0. The predicted molar refractivity (Wildman–Crippen MR) is 104 cm³/mol. The summed E-state index contributed by atoms with van der Waals surface area (Å²) in [5, 5.41) is 6.79. The Morgan fingerprint density at radius 2 is 1.91 bits per heavy atom. The highest BCUT2D eigenvalue weighted by Crippen LogP contribution is 2.22. The van der Waals surface area contributed by atoms with E-state index in [1.807, 2.05) is 0 Å². The number of nitrogens with zero attached hydrogens (tertiary/aromatic N) is 2. The Morgan fingerprint density at radius 1 is 1.27 bits per heavy atom. The Morgan fingerprint density at radius 3 is 2.45 bits per heavy atom. The molecule has 1 rings (SSSR count). The molecule has 1 atom stereocenters. The van der Waals surface area contributed by atoms with Crippen LogP contribution >= 0.6 is 24.0 Å². The van der Waals surface area contributed by atoms with Gasteiger partial charge in [0.05, 0.1) is 0 Å². The fraction of sp³-hybridized carbons (Fsp3) is 0.875. The highest BCUT2D eigenvalue weighted by Gasteiger charge is 2.14. The lowest BCUT2D eigenvalue weighted by molar-refractivity contribution is -0.127. The second kappa shape index (κ2) is 12.0. The standard InChI is InChI=1S/C16H32N4O.HI/c1-5-13(2)19-16(18-12-15(21)20(3)4)17-11-14-9-7-6-8-10-14;/h13-14H,5-12H2,1-4H3,(H2,17,18,19);1H. The number of likely N-dealkylation sites (N-methyl/N-ethyl adjacent to an activating group) is 1. The van der Waals surface area contributed by atoms with Crippen LogP contribution in [0, 0.1) is 5.92 Å². The fourth-order valence-corrected chi connectivity index (χ4v) is 2.41. The second-order valence-corrected chi connectivity index (χ2v) is 6.29. The first-order valence-electron chi connectivity index (χ1n) is 8.28. The third-order valence-corrected chi connectivity index (χ3v) is 4.15. The summed E-state index contributed by atoms with van der Waals surface area (Å²) in [4.78, 5) is 17.7. The number of aliphatic imine (C=N–C) groups is 1. The molecule has 130 valence electrons.